The quantitative estimate of drug-likeness (QED) is 0.138. The fourth-order valence-electron chi connectivity index (χ4n) is 6.26. The maximum absolute atomic E-state index is 13.7. The van der Waals surface area contributed by atoms with Crippen LogP contribution in [0.3, 0.4) is 0 Å². The summed E-state index contributed by atoms with van der Waals surface area (Å²) in [5.74, 6) is -5.86. The molecule has 4 bridgehead atoms. The molecule has 0 radical (unpaired) electrons. The molecular weight excluding hydrogens is 804 g/mol. The lowest BCUT2D eigenvalue weighted by Crippen LogP contribution is -2.60. The molecule has 3 atom stereocenters. The summed E-state index contributed by atoms with van der Waals surface area (Å²) in [6.07, 6.45) is -6.87. The monoisotopic (exact) mass is 824 g/mol. The Balaban J connectivity index is 1.62. The van der Waals surface area contributed by atoms with E-state index >= 15 is 0 Å². The van der Waals surface area contributed by atoms with E-state index in [0.717, 1.165) is 17.1 Å². The highest BCUT2D eigenvalue weighted by atomic mass is 127. The molecule has 188 valence electrons. The number of rotatable bonds is 5. The number of esters is 2. The van der Waals surface area contributed by atoms with Crippen molar-refractivity contribution in [2.24, 2.45) is 22.7 Å². The lowest BCUT2D eigenvalue weighted by molar-refractivity contribution is -0.280. The van der Waals surface area contributed by atoms with Gasteiger partial charge in [0, 0.05) is 10.5 Å². The third kappa shape index (κ3) is 5.05. The van der Waals surface area contributed by atoms with Gasteiger partial charge in [-0.1, -0.05) is 0 Å². The first-order chi connectivity index (χ1) is 15.5. The van der Waals surface area contributed by atoms with Gasteiger partial charge >= 0.3 is 18.1 Å². The predicted molar refractivity (Wildman–Crippen MR) is 136 cm³/mol. The van der Waals surface area contributed by atoms with Gasteiger partial charge in [-0.2, -0.15) is 13.2 Å². The first-order valence-electron chi connectivity index (χ1n) is 10.6. The molecule has 0 amide bonds. The third-order valence-corrected chi connectivity index (χ3v) is 9.29. The van der Waals surface area contributed by atoms with Crippen LogP contribution >= 0.6 is 67.8 Å². The van der Waals surface area contributed by atoms with Gasteiger partial charge < -0.3 is 9.47 Å². The van der Waals surface area contributed by atoms with E-state index in [-0.39, 0.29) is 38.0 Å². The largest absolute Gasteiger partial charge is 0.446 e. The molecule has 4 aliphatic rings. The Labute approximate surface area is 233 Å². The van der Waals surface area contributed by atoms with Crippen molar-refractivity contribution in [1.29, 1.82) is 0 Å². The summed E-state index contributed by atoms with van der Waals surface area (Å²) in [6, 6.07) is 3.71. The second-order valence-corrected chi connectivity index (χ2v) is 13.5. The summed E-state index contributed by atoms with van der Waals surface area (Å²) in [5, 5.41) is 0. The van der Waals surface area contributed by atoms with Crippen molar-refractivity contribution in [1.82, 2.24) is 0 Å². The zero-order valence-corrected chi connectivity index (χ0v) is 24.3. The van der Waals surface area contributed by atoms with Gasteiger partial charge in [-0.3, -0.25) is 9.59 Å². The van der Waals surface area contributed by atoms with Gasteiger partial charge in [0.25, 0.3) is 12.0 Å². The standard InChI is InChI=1S/C22H20F5I3O4/c1-19(23,24)16(22(25,26)27)34-18(32)21-7-10-2-11(8-21)6-20(5-10,9-21)17(31)33-15-13(29)3-12(28)4-14(15)30/h3-4,10-11,16H,2,5-9H2,1H3. The van der Waals surface area contributed by atoms with E-state index in [4.69, 9.17) is 4.74 Å². The van der Waals surface area contributed by atoms with Crippen molar-refractivity contribution >= 4 is 79.7 Å². The number of carbonyl (C=O) groups is 2. The number of halogens is 8. The summed E-state index contributed by atoms with van der Waals surface area (Å²) >= 11 is 6.28. The van der Waals surface area contributed by atoms with E-state index in [1.165, 1.54) is 0 Å². The van der Waals surface area contributed by atoms with E-state index in [9.17, 15) is 31.5 Å². The lowest BCUT2D eigenvalue weighted by atomic mass is 9.44. The normalized spacial score (nSPS) is 31.3. The number of ether oxygens (including phenoxy) is 2. The molecule has 0 aromatic heterocycles. The SMILES string of the molecule is CC(F)(F)C(OC(=O)C12CC3CC(CC(C(=O)Oc4c(I)cc(I)cc4I)(C3)C1)C2)C(F)(F)F. The summed E-state index contributed by atoms with van der Waals surface area (Å²) in [4.78, 5) is 26.5. The molecule has 0 heterocycles. The maximum Gasteiger partial charge on any atom is 0.431 e. The van der Waals surface area contributed by atoms with Gasteiger partial charge in [0.15, 0.2) is 5.75 Å². The van der Waals surface area contributed by atoms with Crippen LogP contribution < -0.4 is 4.74 Å². The molecule has 34 heavy (non-hydrogen) atoms. The van der Waals surface area contributed by atoms with Crippen LogP contribution in [0.5, 0.6) is 5.75 Å². The van der Waals surface area contributed by atoms with Crippen LogP contribution in [0.1, 0.15) is 45.4 Å². The number of benzene rings is 1. The smallest absolute Gasteiger partial charge is 0.431 e. The molecule has 4 nitrogen and oxygen atoms in total. The van der Waals surface area contributed by atoms with E-state index in [1.54, 1.807) is 0 Å². The molecule has 1 aromatic carbocycles. The van der Waals surface area contributed by atoms with E-state index in [0.29, 0.717) is 18.6 Å². The highest BCUT2D eigenvalue weighted by Gasteiger charge is 2.66. The number of hydrogen-bond acceptors (Lipinski definition) is 4. The number of alkyl halides is 5. The number of hydrogen-bond donors (Lipinski definition) is 0. The minimum absolute atomic E-state index is 0.0535. The molecule has 0 N–H and O–H groups in total. The molecule has 4 fully saturated rings. The molecule has 0 saturated heterocycles. The lowest BCUT2D eigenvalue weighted by Gasteiger charge is -2.59. The van der Waals surface area contributed by atoms with Crippen molar-refractivity contribution in [2.75, 3.05) is 0 Å². The zero-order chi connectivity index (χ0) is 25.3. The van der Waals surface area contributed by atoms with Gasteiger partial charge in [0.1, 0.15) is 0 Å². The van der Waals surface area contributed by atoms with Gasteiger partial charge in [-0.05, 0) is 130 Å². The molecule has 4 aliphatic carbocycles. The van der Waals surface area contributed by atoms with Crippen LogP contribution in [0.25, 0.3) is 0 Å². The van der Waals surface area contributed by atoms with Crippen LogP contribution in [0.2, 0.25) is 0 Å². The molecule has 5 rings (SSSR count). The Morgan fingerprint density at radius 2 is 1.41 bits per heavy atom. The summed E-state index contributed by atoms with van der Waals surface area (Å²) < 4.78 is 79.9. The van der Waals surface area contributed by atoms with E-state index in [1.807, 2.05) is 12.1 Å². The summed E-state index contributed by atoms with van der Waals surface area (Å²) in [6.45, 7) is 0.0846. The molecule has 4 saturated carbocycles. The van der Waals surface area contributed by atoms with E-state index < -0.39 is 41.0 Å². The van der Waals surface area contributed by atoms with E-state index in [2.05, 4.69) is 72.5 Å². The van der Waals surface area contributed by atoms with Gasteiger partial charge in [-0.25, -0.2) is 8.78 Å². The topological polar surface area (TPSA) is 52.6 Å². The van der Waals surface area contributed by atoms with Crippen LogP contribution in [0.4, 0.5) is 22.0 Å². The Kier molecular flexibility index (Phi) is 7.22. The Bertz CT molecular complexity index is 972. The van der Waals surface area contributed by atoms with Crippen LogP contribution in [0, 0.1) is 33.4 Å². The van der Waals surface area contributed by atoms with Crippen molar-refractivity contribution < 1.29 is 41.0 Å². The minimum atomic E-state index is -5.41. The highest BCUT2D eigenvalue weighted by molar-refractivity contribution is 14.1. The molecule has 0 spiro atoms. The van der Waals surface area contributed by atoms with Crippen LogP contribution in [-0.2, 0) is 14.3 Å². The second-order valence-electron chi connectivity index (χ2n) is 9.89. The molecule has 12 heteroatoms. The molecule has 1 aromatic rings. The van der Waals surface area contributed by atoms with Crippen molar-refractivity contribution in [3.05, 3.63) is 22.8 Å². The first kappa shape index (κ1) is 27.0. The van der Waals surface area contributed by atoms with Gasteiger partial charge in [-0.15, -0.1) is 0 Å². The van der Waals surface area contributed by atoms with Crippen molar-refractivity contribution in [3.63, 3.8) is 0 Å². The second kappa shape index (κ2) is 9.08. The van der Waals surface area contributed by atoms with Gasteiger partial charge in [0.05, 0.1) is 18.0 Å². The average Bonchev–Trinajstić information content (AvgIpc) is 2.65. The maximum atomic E-state index is 13.7. The molecular formula is C22H20F5I3O4. The third-order valence-electron chi connectivity index (χ3n) is 7.07. The number of carbonyl (C=O) groups excluding carboxylic acids is 2. The fourth-order valence-corrected chi connectivity index (χ4v) is 10.1. The van der Waals surface area contributed by atoms with Crippen molar-refractivity contribution in [2.45, 2.75) is 63.7 Å². The predicted octanol–water partition coefficient (Wildman–Crippen LogP) is 7.12. The molecule has 3 unspecified atom stereocenters. The minimum Gasteiger partial charge on any atom is -0.446 e. The van der Waals surface area contributed by atoms with Crippen molar-refractivity contribution in [3.8, 4) is 5.75 Å². The molecule has 0 aliphatic heterocycles. The Hall–Kier alpha value is -0.0000000000000000555. The van der Waals surface area contributed by atoms with Crippen LogP contribution in [-0.4, -0.2) is 30.1 Å². The summed E-state index contributed by atoms with van der Waals surface area (Å²) in [7, 11) is 0. The average molecular weight is 824 g/mol. The fraction of sp³-hybridized carbons (Fsp3) is 0.636. The summed E-state index contributed by atoms with van der Waals surface area (Å²) in [5.41, 5.74) is -2.45. The first-order valence-corrected chi connectivity index (χ1v) is 13.8. The van der Waals surface area contributed by atoms with Gasteiger partial charge in [0.2, 0.25) is 0 Å². The highest BCUT2D eigenvalue weighted by Crippen LogP contribution is 2.66. The zero-order valence-electron chi connectivity index (χ0n) is 17.8. The Morgan fingerprint density at radius 3 is 1.85 bits per heavy atom. The van der Waals surface area contributed by atoms with Crippen LogP contribution in [0.15, 0.2) is 12.1 Å². The Morgan fingerprint density at radius 1 is 0.941 bits per heavy atom.